The Kier molecular flexibility index (Phi) is 2.40. The molecule has 0 radical (unpaired) electrons. The maximum atomic E-state index is 11.9. The van der Waals surface area contributed by atoms with Crippen molar-refractivity contribution in [2.75, 3.05) is 6.61 Å². The number of allylic oxidation sites excluding steroid dienone is 2. The lowest BCUT2D eigenvalue weighted by molar-refractivity contribution is 0.0933. The van der Waals surface area contributed by atoms with Crippen molar-refractivity contribution in [3.05, 3.63) is 41.0 Å². The van der Waals surface area contributed by atoms with Gasteiger partial charge in [0.25, 0.3) is 0 Å². The number of carbonyl (C=O) groups is 1. The summed E-state index contributed by atoms with van der Waals surface area (Å²) in [6.45, 7) is 4.82. The van der Waals surface area contributed by atoms with Gasteiger partial charge in [-0.15, -0.1) is 0 Å². The highest BCUT2D eigenvalue weighted by Crippen LogP contribution is 2.33. The Morgan fingerprint density at radius 1 is 1.11 bits per heavy atom. The number of fused-ring (bicyclic) bond motifs is 2. The van der Waals surface area contributed by atoms with E-state index in [0.717, 1.165) is 22.4 Å². The highest BCUT2D eigenvalue weighted by molar-refractivity contribution is 6.00. The van der Waals surface area contributed by atoms with E-state index in [-0.39, 0.29) is 11.2 Å². The van der Waals surface area contributed by atoms with Crippen LogP contribution in [0.25, 0.3) is 12.2 Å². The molecule has 0 spiro atoms. The second kappa shape index (κ2) is 3.84. The van der Waals surface area contributed by atoms with Crippen LogP contribution in [0.2, 0.25) is 0 Å². The van der Waals surface area contributed by atoms with Crippen molar-refractivity contribution in [1.29, 1.82) is 0 Å². The smallest absolute Gasteiger partial charge is 0.170 e. The molecule has 0 unspecified atom stereocenters. The summed E-state index contributed by atoms with van der Waals surface area (Å²) in [7, 11) is 0. The van der Waals surface area contributed by atoms with Crippen molar-refractivity contribution < 1.29 is 9.53 Å². The first kappa shape index (κ1) is 11.3. The van der Waals surface area contributed by atoms with Crippen LogP contribution in [0.3, 0.4) is 0 Å². The first-order valence-electron chi connectivity index (χ1n) is 6.28. The molecule has 1 heterocycles. The number of benzene rings is 1. The summed E-state index contributed by atoms with van der Waals surface area (Å²) < 4.78 is 5.57. The molecular formula is C16H16O2. The lowest BCUT2D eigenvalue weighted by Crippen LogP contribution is -2.15. The predicted octanol–water partition coefficient (Wildman–Crippen LogP) is 3.72. The Hall–Kier alpha value is -1.83. The van der Waals surface area contributed by atoms with Gasteiger partial charge in [0, 0.05) is 11.8 Å². The van der Waals surface area contributed by atoms with Gasteiger partial charge in [0.2, 0.25) is 0 Å². The summed E-state index contributed by atoms with van der Waals surface area (Å²) in [5, 5.41) is 0. The maximum absolute atomic E-state index is 11.9. The average molecular weight is 240 g/mol. The van der Waals surface area contributed by atoms with Crippen LogP contribution < -0.4 is 4.74 Å². The molecule has 0 N–H and O–H groups in total. The average Bonchev–Trinajstić information content (AvgIpc) is 2.48. The van der Waals surface area contributed by atoms with E-state index in [1.165, 1.54) is 0 Å². The molecule has 2 nitrogen and oxygen atoms in total. The molecule has 1 aliphatic carbocycles. The normalized spacial score (nSPS) is 19.8. The molecule has 3 rings (SSSR count). The van der Waals surface area contributed by atoms with Gasteiger partial charge in [-0.3, -0.25) is 4.79 Å². The zero-order valence-corrected chi connectivity index (χ0v) is 10.7. The molecule has 1 aromatic rings. The fraction of sp³-hybridized carbons (Fsp3) is 0.312. The van der Waals surface area contributed by atoms with E-state index in [9.17, 15) is 4.79 Å². The van der Waals surface area contributed by atoms with Gasteiger partial charge in [-0.25, -0.2) is 0 Å². The fourth-order valence-electron chi connectivity index (χ4n) is 2.29. The molecular weight excluding hydrogens is 224 g/mol. The summed E-state index contributed by atoms with van der Waals surface area (Å²) in [4.78, 5) is 11.9. The van der Waals surface area contributed by atoms with Crippen LogP contribution in [0, 0.1) is 5.41 Å². The van der Waals surface area contributed by atoms with E-state index in [2.05, 4.69) is 38.2 Å². The molecule has 0 aromatic heterocycles. The van der Waals surface area contributed by atoms with E-state index >= 15 is 0 Å². The molecule has 92 valence electrons. The van der Waals surface area contributed by atoms with Gasteiger partial charge < -0.3 is 4.74 Å². The summed E-state index contributed by atoms with van der Waals surface area (Å²) in [5.74, 6) is 0.905. The van der Waals surface area contributed by atoms with E-state index < -0.39 is 0 Å². The third kappa shape index (κ3) is 1.88. The van der Waals surface area contributed by atoms with Crippen LogP contribution in [0.4, 0.5) is 0 Å². The van der Waals surface area contributed by atoms with Crippen LogP contribution in [0.1, 0.15) is 41.8 Å². The van der Waals surface area contributed by atoms with Crippen molar-refractivity contribution in [3.63, 3.8) is 0 Å². The molecule has 2 aliphatic rings. The Balaban J connectivity index is 2.16. The van der Waals surface area contributed by atoms with E-state index in [0.29, 0.717) is 13.0 Å². The molecule has 0 atom stereocenters. The number of Topliss-reactive ketones (excluding diaryl/α,β-unsaturated/α-hetero) is 1. The topological polar surface area (TPSA) is 26.3 Å². The molecule has 0 saturated carbocycles. The van der Waals surface area contributed by atoms with Gasteiger partial charge in [0.15, 0.2) is 5.78 Å². The van der Waals surface area contributed by atoms with E-state index in [4.69, 9.17) is 4.74 Å². The van der Waals surface area contributed by atoms with Gasteiger partial charge in [-0.1, -0.05) is 38.2 Å². The molecule has 1 aliphatic heterocycles. The third-order valence-corrected chi connectivity index (χ3v) is 3.46. The Labute approximate surface area is 107 Å². The fourth-order valence-corrected chi connectivity index (χ4v) is 2.29. The van der Waals surface area contributed by atoms with Gasteiger partial charge in [-0.2, -0.15) is 0 Å². The Bertz CT molecular complexity index is 577. The summed E-state index contributed by atoms with van der Waals surface area (Å²) >= 11 is 0. The minimum atomic E-state index is 0.0460. The number of hydrogen-bond acceptors (Lipinski definition) is 2. The van der Waals surface area contributed by atoms with Crippen LogP contribution in [-0.4, -0.2) is 12.4 Å². The van der Waals surface area contributed by atoms with Crippen molar-refractivity contribution >= 4 is 17.9 Å². The van der Waals surface area contributed by atoms with E-state index in [1.807, 2.05) is 12.1 Å². The molecule has 2 heteroatoms. The first-order valence-corrected chi connectivity index (χ1v) is 6.28. The largest absolute Gasteiger partial charge is 0.492 e. The van der Waals surface area contributed by atoms with Gasteiger partial charge in [-0.05, 0) is 23.3 Å². The van der Waals surface area contributed by atoms with Crippen molar-refractivity contribution in [3.8, 4) is 5.75 Å². The number of ether oxygens (including phenoxy) is 1. The van der Waals surface area contributed by atoms with Crippen molar-refractivity contribution in [1.82, 2.24) is 0 Å². The quantitative estimate of drug-likeness (QED) is 0.691. The SMILES string of the molecule is CC1(C)C=Cc2cc3c(cc2C=C1)C(=O)CCO3. The predicted molar refractivity (Wildman–Crippen MR) is 72.7 cm³/mol. The second-order valence-corrected chi connectivity index (χ2v) is 5.49. The van der Waals surface area contributed by atoms with Gasteiger partial charge in [0.1, 0.15) is 5.75 Å². The van der Waals surface area contributed by atoms with Crippen LogP contribution in [0.5, 0.6) is 5.75 Å². The second-order valence-electron chi connectivity index (χ2n) is 5.49. The molecule has 0 amide bonds. The molecule has 0 saturated heterocycles. The van der Waals surface area contributed by atoms with Crippen LogP contribution >= 0.6 is 0 Å². The number of ketones is 1. The molecule has 18 heavy (non-hydrogen) atoms. The number of hydrogen-bond donors (Lipinski definition) is 0. The highest BCUT2D eigenvalue weighted by Gasteiger charge is 2.21. The van der Waals surface area contributed by atoms with Gasteiger partial charge in [0.05, 0.1) is 12.2 Å². The zero-order valence-electron chi connectivity index (χ0n) is 10.7. The van der Waals surface area contributed by atoms with Crippen molar-refractivity contribution in [2.45, 2.75) is 20.3 Å². The monoisotopic (exact) mass is 240 g/mol. The summed E-state index contributed by atoms with van der Waals surface area (Å²) in [6.07, 6.45) is 9.02. The third-order valence-electron chi connectivity index (χ3n) is 3.46. The van der Waals surface area contributed by atoms with E-state index in [1.54, 1.807) is 0 Å². The number of rotatable bonds is 0. The zero-order chi connectivity index (χ0) is 12.8. The lowest BCUT2D eigenvalue weighted by atomic mass is 9.93. The van der Waals surface area contributed by atoms with Gasteiger partial charge >= 0.3 is 0 Å². The Morgan fingerprint density at radius 3 is 2.50 bits per heavy atom. The lowest BCUT2D eigenvalue weighted by Gasteiger charge is -2.17. The standard InChI is InChI=1S/C16H16O2/c1-16(2)6-3-11-9-13-14(17)5-8-18-15(13)10-12(11)4-7-16/h3-4,6-7,9-10H,5,8H2,1-2H3. The molecule has 0 fully saturated rings. The summed E-state index contributed by atoms with van der Waals surface area (Å²) in [5.41, 5.74) is 2.97. The Morgan fingerprint density at radius 2 is 1.78 bits per heavy atom. The first-order chi connectivity index (χ1) is 8.55. The minimum absolute atomic E-state index is 0.0460. The van der Waals surface area contributed by atoms with Crippen LogP contribution in [-0.2, 0) is 0 Å². The van der Waals surface area contributed by atoms with Crippen molar-refractivity contribution in [2.24, 2.45) is 5.41 Å². The highest BCUT2D eigenvalue weighted by atomic mass is 16.5. The summed E-state index contributed by atoms with van der Waals surface area (Å²) in [6, 6.07) is 3.93. The number of carbonyl (C=O) groups excluding carboxylic acids is 1. The van der Waals surface area contributed by atoms with Crippen LogP contribution in [0.15, 0.2) is 24.3 Å². The molecule has 1 aromatic carbocycles. The minimum Gasteiger partial charge on any atom is -0.492 e. The maximum Gasteiger partial charge on any atom is 0.170 e. The molecule has 0 bridgehead atoms.